The zero-order valence-electron chi connectivity index (χ0n) is 21.5. The maximum atomic E-state index is 13.8. The Morgan fingerprint density at radius 2 is 1.88 bits per heavy atom. The van der Waals surface area contributed by atoms with Crippen LogP contribution < -0.4 is 0 Å². The average Bonchev–Trinajstić information content (AvgIpc) is 3.10. The lowest BCUT2D eigenvalue weighted by Gasteiger charge is -2.38. The molecule has 1 aliphatic rings. The number of nitrogens with zero attached hydrogens (tertiary/aromatic N) is 3. The third-order valence-corrected chi connectivity index (χ3v) is 12.7. The number of rotatable bonds is 5. The first-order valence-corrected chi connectivity index (χ1v) is 15.2. The lowest BCUT2D eigenvalue weighted by molar-refractivity contribution is 0.0155. The van der Waals surface area contributed by atoms with Crippen LogP contribution in [-0.2, 0) is 11.3 Å². The number of hydrogen-bond donors (Lipinski definition) is 0. The van der Waals surface area contributed by atoms with E-state index in [2.05, 4.69) is 38.5 Å². The third-order valence-electron chi connectivity index (χ3n) is 7.08. The third kappa shape index (κ3) is 6.25. The molecule has 1 aromatic carbocycles. The fourth-order valence-electron chi connectivity index (χ4n) is 4.08. The van der Waals surface area contributed by atoms with Gasteiger partial charge in [-0.15, -0.1) is 0 Å². The van der Waals surface area contributed by atoms with Gasteiger partial charge < -0.3 is 9.64 Å². The quantitative estimate of drug-likeness (QED) is 0.429. The fourth-order valence-corrected chi connectivity index (χ4v) is 5.92. The van der Waals surface area contributed by atoms with Crippen molar-refractivity contribution in [3.63, 3.8) is 0 Å². The molecule has 1 unspecified atom stereocenters. The topological polar surface area (TPSA) is 47.4 Å². The molecule has 0 radical (unpaired) electrons. The number of amides is 1. The smallest absolute Gasteiger partial charge is 0.410 e. The van der Waals surface area contributed by atoms with Crippen molar-refractivity contribution in [1.29, 1.82) is 0 Å². The number of fused-ring (bicyclic) bond motifs is 1. The molecule has 7 heteroatoms. The van der Waals surface area contributed by atoms with Crippen molar-refractivity contribution in [1.82, 2.24) is 14.7 Å². The molecule has 1 aliphatic heterocycles. The Hall–Kier alpha value is -2.15. The van der Waals surface area contributed by atoms with Crippen molar-refractivity contribution in [3.8, 4) is 11.3 Å². The Labute approximate surface area is 199 Å². The molecule has 33 heavy (non-hydrogen) atoms. The molecule has 5 nitrogen and oxygen atoms in total. The highest BCUT2D eigenvalue weighted by molar-refractivity contribution is 6.80. The van der Waals surface area contributed by atoms with Crippen molar-refractivity contribution < 1.29 is 13.9 Å². The minimum Gasteiger partial charge on any atom is -0.444 e. The molecular formula is C26H40FN3O2Si. The van der Waals surface area contributed by atoms with Gasteiger partial charge >= 0.3 is 6.09 Å². The summed E-state index contributed by atoms with van der Waals surface area (Å²) in [5.74, 6) is -0.278. The van der Waals surface area contributed by atoms with Crippen molar-refractivity contribution in [2.75, 3.05) is 6.54 Å². The van der Waals surface area contributed by atoms with Crippen LogP contribution in [0.4, 0.5) is 9.18 Å². The molecule has 2 heterocycles. The van der Waals surface area contributed by atoms with Crippen LogP contribution in [0.15, 0.2) is 30.3 Å². The number of carbonyl (C=O) groups excluding carboxylic acids is 1. The molecule has 0 saturated heterocycles. The van der Waals surface area contributed by atoms with E-state index < -0.39 is 13.7 Å². The zero-order valence-corrected chi connectivity index (χ0v) is 22.5. The van der Waals surface area contributed by atoms with Crippen LogP contribution in [0.25, 0.3) is 11.3 Å². The van der Waals surface area contributed by atoms with E-state index in [0.717, 1.165) is 29.8 Å². The van der Waals surface area contributed by atoms with Crippen molar-refractivity contribution >= 4 is 14.2 Å². The molecule has 0 fully saturated rings. The summed E-state index contributed by atoms with van der Waals surface area (Å²) in [6.45, 7) is 18.6. The van der Waals surface area contributed by atoms with Crippen LogP contribution in [0.5, 0.6) is 0 Å². The number of carbonyl (C=O) groups is 1. The summed E-state index contributed by atoms with van der Waals surface area (Å²) in [5.41, 5.74) is 1.91. The number of aromatic nitrogens is 2. The molecule has 0 spiro atoms. The van der Waals surface area contributed by atoms with Crippen LogP contribution in [0.2, 0.25) is 24.2 Å². The highest BCUT2D eigenvalue weighted by Gasteiger charge is 2.36. The van der Waals surface area contributed by atoms with Gasteiger partial charge in [-0.25, -0.2) is 9.18 Å². The Kier molecular flexibility index (Phi) is 7.13. The second kappa shape index (κ2) is 9.24. The van der Waals surface area contributed by atoms with Crippen LogP contribution in [0, 0.1) is 5.82 Å². The Bertz CT molecular complexity index is 988. The zero-order chi connectivity index (χ0) is 24.6. The number of halogens is 1. The second-order valence-electron chi connectivity index (χ2n) is 12.0. The van der Waals surface area contributed by atoms with Gasteiger partial charge in [0.25, 0.3) is 0 Å². The van der Waals surface area contributed by atoms with Gasteiger partial charge in [0.1, 0.15) is 11.4 Å². The summed E-state index contributed by atoms with van der Waals surface area (Å²) in [6.07, 6.45) is 1.75. The molecule has 3 rings (SSSR count). The Morgan fingerprint density at radius 3 is 2.48 bits per heavy atom. The van der Waals surface area contributed by atoms with Gasteiger partial charge in [0.05, 0.1) is 32.0 Å². The van der Waals surface area contributed by atoms with E-state index >= 15 is 0 Å². The summed E-state index contributed by atoms with van der Waals surface area (Å²) < 4.78 is 21.5. The maximum Gasteiger partial charge on any atom is 0.410 e. The monoisotopic (exact) mass is 473 g/mol. The minimum atomic E-state index is -1.38. The van der Waals surface area contributed by atoms with Gasteiger partial charge in [0, 0.05) is 12.1 Å². The van der Waals surface area contributed by atoms with Gasteiger partial charge in [-0.05, 0) is 50.4 Å². The van der Waals surface area contributed by atoms with Gasteiger partial charge in [-0.1, -0.05) is 58.5 Å². The van der Waals surface area contributed by atoms with Crippen molar-refractivity contribution in [2.45, 2.75) is 96.7 Å². The van der Waals surface area contributed by atoms with E-state index in [4.69, 9.17) is 9.84 Å². The SMILES string of the molecule is CC(C)(C)OC(=O)N1Cc2cc(-c3cccc(F)c3)nn2C(CCC[Si](C)(C)C(C)(C)C)C1. The molecule has 1 aromatic heterocycles. The van der Waals surface area contributed by atoms with E-state index in [1.54, 1.807) is 11.0 Å². The molecule has 1 atom stereocenters. The minimum absolute atomic E-state index is 0.0772. The predicted molar refractivity (Wildman–Crippen MR) is 135 cm³/mol. The summed E-state index contributed by atoms with van der Waals surface area (Å²) in [6, 6.07) is 9.80. The first-order chi connectivity index (χ1) is 15.2. The van der Waals surface area contributed by atoms with E-state index in [1.165, 1.54) is 18.2 Å². The average molecular weight is 474 g/mol. The normalized spacial score (nSPS) is 17.1. The lowest BCUT2D eigenvalue weighted by Crippen LogP contribution is -2.44. The predicted octanol–water partition coefficient (Wildman–Crippen LogP) is 7.27. The number of ether oxygens (including phenoxy) is 1. The first-order valence-electron chi connectivity index (χ1n) is 12.0. The van der Waals surface area contributed by atoms with E-state index in [9.17, 15) is 9.18 Å². The van der Waals surface area contributed by atoms with Gasteiger partial charge in [0.2, 0.25) is 0 Å². The van der Waals surface area contributed by atoms with Crippen LogP contribution in [0.3, 0.4) is 0 Å². The number of hydrogen-bond acceptors (Lipinski definition) is 3. The van der Waals surface area contributed by atoms with Crippen molar-refractivity contribution in [2.24, 2.45) is 0 Å². The second-order valence-corrected chi connectivity index (χ2v) is 17.8. The van der Waals surface area contributed by atoms with E-state index in [1.807, 2.05) is 32.9 Å². The molecule has 0 bridgehead atoms. The van der Waals surface area contributed by atoms with Crippen molar-refractivity contribution in [3.05, 3.63) is 41.8 Å². The molecule has 2 aromatic rings. The molecule has 0 saturated carbocycles. The summed E-state index contributed by atoms with van der Waals surface area (Å²) in [5, 5.41) is 5.21. The molecular weight excluding hydrogens is 433 g/mol. The van der Waals surface area contributed by atoms with Gasteiger partial charge in [0.15, 0.2) is 0 Å². The van der Waals surface area contributed by atoms with Crippen LogP contribution >= 0.6 is 0 Å². The molecule has 1 amide bonds. The lowest BCUT2D eigenvalue weighted by atomic mass is 10.1. The Morgan fingerprint density at radius 1 is 1.18 bits per heavy atom. The largest absolute Gasteiger partial charge is 0.444 e. The molecule has 182 valence electrons. The first kappa shape index (κ1) is 25.5. The summed E-state index contributed by atoms with van der Waals surface area (Å²) in [4.78, 5) is 14.7. The van der Waals surface area contributed by atoms with E-state index in [0.29, 0.717) is 18.1 Å². The van der Waals surface area contributed by atoms with Crippen LogP contribution in [-0.4, -0.2) is 41.0 Å². The molecule has 0 N–H and O–H groups in total. The van der Waals surface area contributed by atoms with E-state index in [-0.39, 0.29) is 18.0 Å². The summed E-state index contributed by atoms with van der Waals surface area (Å²) >= 11 is 0. The van der Waals surface area contributed by atoms with Gasteiger partial charge in [-0.2, -0.15) is 5.10 Å². The highest BCUT2D eigenvalue weighted by atomic mass is 28.3. The summed E-state index contributed by atoms with van der Waals surface area (Å²) in [7, 11) is -1.38. The van der Waals surface area contributed by atoms with Gasteiger partial charge in [-0.3, -0.25) is 4.68 Å². The highest BCUT2D eigenvalue weighted by Crippen LogP contribution is 2.40. The Balaban J connectivity index is 1.85. The van der Waals surface area contributed by atoms with Crippen LogP contribution in [0.1, 0.15) is 66.1 Å². The molecule has 0 aliphatic carbocycles. The maximum absolute atomic E-state index is 13.8. The standard InChI is InChI=1S/C26H40FN3O2Si/c1-25(2,3)32-24(31)29-17-21(13-10-14-33(7,8)26(4,5)6)30-22(18-29)16-23(28-30)19-11-9-12-20(27)15-19/h9,11-12,15-16,21H,10,13-14,17-18H2,1-8H3. The fraction of sp³-hybridized carbons (Fsp3) is 0.615. The number of benzene rings is 1.